The Morgan fingerprint density at radius 2 is 1.23 bits per heavy atom. The van der Waals surface area contributed by atoms with E-state index < -0.39 is 73.3 Å². The van der Waals surface area contributed by atoms with Crippen molar-refractivity contribution in [3.8, 4) is 0 Å². The minimum Gasteiger partial charge on any atom is -0.462 e. The Kier molecular flexibility index (Phi) is 9.66. The molecule has 170 valence electrons. The van der Waals surface area contributed by atoms with Crippen LogP contribution in [0.2, 0.25) is 0 Å². The Balaban J connectivity index is 3.41. The fourth-order valence-corrected chi connectivity index (χ4v) is 2.90. The van der Waals surface area contributed by atoms with Crippen LogP contribution in [0.4, 0.5) is 0 Å². The van der Waals surface area contributed by atoms with Crippen LogP contribution in [0.1, 0.15) is 34.6 Å². The molecule has 0 aromatic rings. The predicted octanol–water partition coefficient (Wildman–Crippen LogP) is -0.352. The summed E-state index contributed by atoms with van der Waals surface area (Å²) in [7, 11) is 1.24. The fourth-order valence-electron chi connectivity index (χ4n) is 2.90. The molecule has 0 aliphatic carbocycles. The van der Waals surface area contributed by atoms with Crippen LogP contribution in [0.25, 0.3) is 0 Å². The summed E-state index contributed by atoms with van der Waals surface area (Å²) in [5.74, 6) is -3.69. The van der Waals surface area contributed by atoms with E-state index in [0.717, 1.165) is 34.6 Å². The van der Waals surface area contributed by atoms with Gasteiger partial charge < -0.3 is 33.2 Å². The van der Waals surface area contributed by atoms with Crippen molar-refractivity contribution in [3.63, 3.8) is 0 Å². The molecular formula is C18H26O12. The van der Waals surface area contributed by atoms with Crippen LogP contribution in [0.5, 0.6) is 0 Å². The molecule has 30 heavy (non-hydrogen) atoms. The molecule has 0 spiro atoms. The summed E-state index contributed by atoms with van der Waals surface area (Å²) in [6.45, 7) is 5.13. The molecule has 0 aromatic heterocycles. The highest BCUT2D eigenvalue weighted by molar-refractivity contribution is 5.69. The molecule has 0 radical (unpaired) electrons. The van der Waals surface area contributed by atoms with E-state index in [1.54, 1.807) is 0 Å². The lowest BCUT2D eigenvalue weighted by Crippen LogP contribution is -2.65. The van der Waals surface area contributed by atoms with Gasteiger partial charge in [-0.05, 0) is 0 Å². The average Bonchev–Trinajstić information content (AvgIpc) is 2.60. The molecule has 0 N–H and O–H groups in total. The minimum absolute atomic E-state index is 0.446. The summed E-state index contributed by atoms with van der Waals surface area (Å²) in [5.41, 5.74) is 0. The minimum atomic E-state index is -1.39. The molecule has 1 aliphatic rings. The molecule has 12 heteroatoms. The first-order valence-electron chi connectivity index (χ1n) is 8.96. The van der Waals surface area contributed by atoms with E-state index in [2.05, 4.69) is 0 Å². The van der Waals surface area contributed by atoms with Gasteiger partial charge in [-0.25, -0.2) is 0 Å². The molecule has 1 fully saturated rings. The van der Waals surface area contributed by atoms with Crippen molar-refractivity contribution in [2.24, 2.45) is 0 Å². The number of hydrogen-bond donors (Lipinski definition) is 0. The SMILES string of the molecule is CO[C@H]1O[C@H]([C@H](COC(C)=O)OC(C)=O)[C@@H](OC(C)=O)[C@H](OC(C)=O)[C@@H]1OC(C)=O. The smallest absolute Gasteiger partial charge is 0.303 e. The molecule has 0 bridgehead atoms. The predicted molar refractivity (Wildman–Crippen MR) is 94.5 cm³/mol. The van der Waals surface area contributed by atoms with E-state index in [9.17, 15) is 24.0 Å². The van der Waals surface area contributed by atoms with Crippen LogP contribution in [0.3, 0.4) is 0 Å². The largest absolute Gasteiger partial charge is 0.462 e. The molecular weight excluding hydrogens is 408 g/mol. The Morgan fingerprint density at radius 3 is 1.67 bits per heavy atom. The highest BCUT2D eigenvalue weighted by Gasteiger charge is 2.55. The third kappa shape index (κ3) is 7.59. The van der Waals surface area contributed by atoms with Crippen LogP contribution in [0, 0.1) is 0 Å². The molecule has 0 aromatic carbocycles. The number of hydrogen-bond acceptors (Lipinski definition) is 12. The van der Waals surface area contributed by atoms with Gasteiger partial charge in [0.2, 0.25) is 0 Å². The van der Waals surface area contributed by atoms with Crippen LogP contribution in [-0.2, 0) is 57.1 Å². The summed E-state index contributed by atoms with van der Waals surface area (Å²) in [4.78, 5) is 57.8. The van der Waals surface area contributed by atoms with Gasteiger partial charge in [0.1, 0.15) is 12.7 Å². The van der Waals surface area contributed by atoms with Crippen molar-refractivity contribution in [2.45, 2.75) is 71.4 Å². The number of esters is 5. The maximum absolute atomic E-state index is 11.7. The first kappa shape index (κ1) is 25.3. The molecule has 0 unspecified atom stereocenters. The van der Waals surface area contributed by atoms with Gasteiger partial charge >= 0.3 is 29.8 Å². The average molecular weight is 434 g/mol. The van der Waals surface area contributed by atoms with Crippen molar-refractivity contribution in [1.82, 2.24) is 0 Å². The van der Waals surface area contributed by atoms with Crippen molar-refractivity contribution >= 4 is 29.8 Å². The fraction of sp³-hybridized carbons (Fsp3) is 0.722. The van der Waals surface area contributed by atoms with Crippen molar-refractivity contribution in [2.75, 3.05) is 13.7 Å². The van der Waals surface area contributed by atoms with E-state index >= 15 is 0 Å². The van der Waals surface area contributed by atoms with Crippen LogP contribution in [0.15, 0.2) is 0 Å². The summed E-state index contributed by atoms with van der Waals surface area (Å²) in [6.07, 6.45) is -7.89. The first-order chi connectivity index (χ1) is 14.0. The third-order valence-corrected chi connectivity index (χ3v) is 3.80. The number of carbonyl (C=O) groups is 5. The standard InChI is InChI=1S/C18H26O12/c1-8(19)25-7-13(26-9(2)20)14-15(27-10(3)21)16(28-11(4)22)17(29-12(5)23)18(24-6)30-14/h13-18H,7H2,1-6H3/t13-,14+,15+,16-,17-,18-/m0/s1. The van der Waals surface area contributed by atoms with E-state index in [1.807, 2.05) is 0 Å². The second-order valence-corrected chi connectivity index (χ2v) is 6.38. The van der Waals surface area contributed by atoms with Gasteiger partial charge in [-0.3, -0.25) is 24.0 Å². The van der Waals surface area contributed by atoms with Gasteiger partial charge in [-0.1, -0.05) is 0 Å². The van der Waals surface area contributed by atoms with Gasteiger partial charge in [-0.2, -0.15) is 0 Å². The van der Waals surface area contributed by atoms with Gasteiger partial charge in [0.25, 0.3) is 0 Å². The first-order valence-corrected chi connectivity index (χ1v) is 8.96. The number of rotatable bonds is 8. The Bertz CT molecular complexity index is 660. The molecule has 1 heterocycles. The van der Waals surface area contributed by atoms with Crippen LogP contribution >= 0.6 is 0 Å². The Hall–Kier alpha value is -2.73. The number of methoxy groups -OCH3 is 1. The lowest BCUT2D eigenvalue weighted by Gasteiger charge is -2.45. The van der Waals surface area contributed by atoms with Gasteiger partial charge in [0.15, 0.2) is 30.7 Å². The Labute approximate surface area is 173 Å². The summed E-state index contributed by atoms with van der Waals surface area (Å²) in [5, 5.41) is 0. The molecule has 0 saturated carbocycles. The monoisotopic (exact) mass is 434 g/mol. The highest BCUT2D eigenvalue weighted by atomic mass is 16.7. The molecule has 1 aliphatic heterocycles. The molecule has 6 atom stereocenters. The van der Waals surface area contributed by atoms with E-state index in [1.165, 1.54) is 7.11 Å². The summed E-state index contributed by atoms with van der Waals surface area (Å²) >= 11 is 0. The van der Waals surface area contributed by atoms with Gasteiger partial charge in [0.05, 0.1) is 0 Å². The third-order valence-electron chi connectivity index (χ3n) is 3.80. The molecule has 1 rings (SSSR count). The molecule has 12 nitrogen and oxygen atoms in total. The lowest BCUT2D eigenvalue weighted by molar-refractivity contribution is -0.312. The van der Waals surface area contributed by atoms with Gasteiger partial charge in [0, 0.05) is 41.7 Å². The quantitative estimate of drug-likeness (QED) is 0.363. The maximum Gasteiger partial charge on any atom is 0.303 e. The van der Waals surface area contributed by atoms with E-state index in [-0.39, 0.29) is 0 Å². The maximum atomic E-state index is 11.7. The zero-order valence-electron chi connectivity index (χ0n) is 17.6. The van der Waals surface area contributed by atoms with E-state index in [0.29, 0.717) is 0 Å². The zero-order chi connectivity index (χ0) is 23.0. The Morgan fingerprint density at radius 1 is 0.733 bits per heavy atom. The summed E-state index contributed by atoms with van der Waals surface area (Å²) in [6, 6.07) is 0. The summed E-state index contributed by atoms with van der Waals surface area (Å²) < 4.78 is 36.7. The highest BCUT2D eigenvalue weighted by Crippen LogP contribution is 2.31. The van der Waals surface area contributed by atoms with Crippen LogP contribution in [-0.4, -0.2) is 80.4 Å². The van der Waals surface area contributed by atoms with Crippen LogP contribution < -0.4 is 0 Å². The second kappa shape index (κ2) is 11.5. The molecule has 0 amide bonds. The zero-order valence-corrected chi connectivity index (χ0v) is 17.6. The molecule has 1 saturated heterocycles. The normalized spacial score (nSPS) is 26.7. The van der Waals surface area contributed by atoms with Crippen molar-refractivity contribution in [1.29, 1.82) is 0 Å². The lowest BCUT2D eigenvalue weighted by atomic mass is 9.94. The van der Waals surface area contributed by atoms with Crippen molar-refractivity contribution in [3.05, 3.63) is 0 Å². The van der Waals surface area contributed by atoms with Crippen molar-refractivity contribution < 1.29 is 57.1 Å². The second-order valence-electron chi connectivity index (χ2n) is 6.38. The topological polar surface area (TPSA) is 150 Å². The van der Waals surface area contributed by atoms with E-state index in [4.69, 9.17) is 33.2 Å². The number of ether oxygens (including phenoxy) is 7. The number of carbonyl (C=O) groups excluding carboxylic acids is 5. The van der Waals surface area contributed by atoms with Gasteiger partial charge in [-0.15, -0.1) is 0 Å².